The molecule has 0 radical (unpaired) electrons. The molecule has 77 valence electrons. The Kier molecular flexibility index (Phi) is 12.3. The molecule has 0 bridgehead atoms. The fourth-order valence-corrected chi connectivity index (χ4v) is 1.03. The molecule has 0 saturated carbocycles. The average molecular weight is 240 g/mol. The van der Waals surface area contributed by atoms with Gasteiger partial charge < -0.3 is 12.4 Å². The third kappa shape index (κ3) is 13.3. The molecular formula is C6H16ClFeN2O2. The minimum absolute atomic E-state index is 0. The molecule has 0 aromatic carbocycles. The fraction of sp³-hybridized carbons (Fsp3) is 1.00. The predicted molar refractivity (Wildman–Crippen MR) is 39.3 cm³/mol. The van der Waals surface area contributed by atoms with Crippen LogP contribution >= 0.6 is 0 Å². The zero-order chi connectivity index (χ0) is 8.69. The first-order valence-electron chi connectivity index (χ1n) is 3.29. The van der Waals surface area contributed by atoms with Crippen LogP contribution in [0, 0.1) is 0 Å². The van der Waals surface area contributed by atoms with E-state index in [0.29, 0.717) is 29.1 Å². The van der Waals surface area contributed by atoms with Crippen molar-refractivity contribution in [1.82, 2.24) is 9.80 Å². The number of halogens is 1. The van der Waals surface area contributed by atoms with E-state index in [4.69, 9.17) is 7.64 Å². The summed E-state index contributed by atoms with van der Waals surface area (Å²) in [5, 5.41) is 0. The molecule has 0 aliphatic heterocycles. The smallest absolute Gasteiger partial charge is 1.00 e. The number of nitrogens with zero attached hydrogens (tertiary/aromatic N) is 2. The molecule has 0 heterocycles. The third-order valence-corrected chi connectivity index (χ3v) is 1.24. The maximum atomic E-state index is 5.12. The number of hydrogen-bond acceptors (Lipinski definition) is 4. The summed E-state index contributed by atoms with van der Waals surface area (Å²) in [4.78, 5) is 3.89. The summed E-state index contributed by atoms with van der Waals surface area (Å²) in [6, 6.07) is 0. The number of hydrogen-bond donors (Lipinski definition) is 0. The molecule has 0 amide bonds. The van der Waals surface area contributed by atoms with Gasteiger partial charge in [0.1, 0.15) is 0 Å². The molecular weight excluding hydrogens is 223 g/mol. The molecule has 0 fully saturated rings. The molecule has 0 N–H and O–H groups in total. The normalized spacial score (nSPS) is 10.5. The first-order valence-corrected chi connectivity index (χ1v) is 4.19. The molecule has 12 heavy (non-hydrogen) atoms. The van der Waals surface area contributed by atoms with Crippen molar-refractivity contribution in [3.63, 3.8) is 0 Å². The van der Waals surface area contributed by atoms with E-state index in [1.54, 1.807) is 0 Å². The Bertz CT molecular complexity index is 85.6. The van der Waals surface area contributed by atoms with Crippen LogP contribution in [-0.2, 0) is 23.3 Å². The average Bonchev–Trinajstić information content (AvgIpc) is 1.85. The predicted octanol–water partition coefficient (Wildman–Crippen LogP) is -3.03. The van der Waals surface area contributed by atoms with Crippen LogP contribution in [0.3, 0.4) is 0 Å². The molecule has 4 nitrogen and oxygen atoms in total. The van der Waals surface area contributed by atoms with Crippen molar-refractivity contribution < 1.29 is 35.7 Å². The van der Waals surface area contributed by atoms with Crippen LogP contribution in [0.25, 0.3) is 0 Å². The van der Waals surface area contributed by atoms with Crippen molar-refractivity contribution >= 4 is 0 Å². The van der Waals surface area contributed by atoms with E-state index in [2.05, 4.69) is 0 Å². The Morgan fingerprint density at radius 3 is 1.50 bits per heavy atom. The van der Waals surface area contributed by atoms with Crippen molar-refractivity contribution in [3.8, 4) is 0 Å². The Balaban J connectivity index is 0. The van der Waals surface area contributed by atoms with Crippen molar-refractivity contribution in [2.75, 3.05) is 41.7 Å². The molecule has 0 rings (SSSR count). The molecule has 6 heteroatoms. The second-order valence-corrected chi connectivity index (χ2v) is 3.50. The molecule has 0 saturated heterocycles. The summed E-state index contributed by atoms with van der Waals surface area (Å²) in [5.41, 5.74) is 0. The minimum atomic E-state index is 0. The zero-order valence-corrected chi connectivity index (χ0v) is 9.72. The van der Waals surface area contributed by atoms with Gasteiger partial charge in [0.05, 0.1) is 0 Å². The van der Waals surface area contributed by atoms with Crippen LogP contribution in [0.15, 0.2) is 0 Å². The van der Waals surface area contributed by atoms with Gasteiger partial charge in [-0.25, -0.2) is 0 Å². The first kappa shape index (κ1) is 15.1. The molecule has 0 unspecified atom stereocenters. The minimum Gasteiger partial charge on any atom is -1.00 e. The van der Waals surface area contributed by atoms with Crippen molar-refractivity contribution in [2.24, 2.45) is 0 Å². The monoisotopic (exact) mass is 239 g/mol. The van der Waals surface area contributed by atoms with Crippen LogP contribution < -0.4 is 12.4 Å². The van der Waals surface area contributed by atoms with E-state index in [9.17, 15) is 0 Å². The van der Waals surface area contributed by atoms with Gasteiger partial charge in [-0.15, -0.1) is 0 Å². The van der Waals surface area contributed by atoms with E-state index in [1.807, 2.05) is 38.0 Å². The molecule has 0 aromatic heterocycles. The van der Waals surface area contributed by atoms with E-state index in [1.165, 1.54) is 0 Å². The number of rotatable bonds is 6. The van der Waals surface area contributed by atoms with E-state index < -0.39 is 0 Å². The van der Waals surface area contributed by atoms with Crippen molar-refractivity contribution in [1.29, 1.82) is 0 Å². The van der Waals surface area contributed by atoms with Gasteiger partial charge in [0.2, 0.25) is 0 Å². The molecule has 0 aromatic rings. The Labute approximate surface area is 87.4 Å². The summed E-state index contributed by atoms with van der Waals surface area (Å²) >= 11 is 0.357. The van der Waals surface area contributed by atoms with Gasteiger partial charge in [-0.1, -0.05) is 0 Å². The van der Waals surface area contributed by atoms with Crippen molar-refractivity contribution in [2.45, 2.75) is 0 Å². The fourth-order valence-electron chi connectivity index (χ4n) is 0.249. The van der Waals surface area contributed by atoms with Gasteiger partial charge in [0.25, 0.3) is 0 Å². The van der Waals surface area contributed by atoms with Crippen LogP contribution in [0.5, 0.6) is 0 Å². The Morgan fingerprint density at radius 1 is 0.917 bits per heavy atom. The van der Waals surface area contributed by atoms with Crippen LogP contribution in [0.2, 0.25) is 0 Å². The standard InChI is InChI=1S/2C3H8NO.ClH.Fe/c2*1-4(2)3-5;;/h2*3H2,1-2H3;1H;/q2*-1;;+3/p-1. The van der Waals surface area contributed by atoms with Gasteiger partial charge in [0.15, 0.2) is 0 Å². The summed E-state index contributed by atoms with van der Waals surface area (Å²) in [7, 11) is 7.80. The maximum Gasteiger partial charge on any atom is -1.00 e. The third-order valence-electron chi connectivity index (χ3n) is 0.691. The van der Waals surface area contributed by atoms with Crippen LogP contribution in [0.1, 0.15) is 0 Å². The van der Waals surface area contributed by atoms with Gasteiger partial charge >= 0.3 is 74.7 Å². The quantitative estimate of drug-likeness (QED) is 0.280. The second kappa shape index (κ2) is 9.74. The van der Waals surface area contributed by atoms with Gasteiger partial charge in [-0.2, -0.15) is 0 Å². The molecule has 0 spiro atoms. The largest absolute Gasteiger partial charge is 1.00 e. The first-order chi connectivity index (χ1) is 5.13. The van der Waals surface area contributed by atoms with E-state index in [0.717, 1.165) is 0 Å². The van der Waals surface area contributed by atoms with E-state index in [-0.39, 0.29) is 12.4 Å². The summed E-state index contributed by atoms with van der Waals surface area (Å²) in [6.45, 7) is 1.21. The zero-order valence-electron chi connectivity index (χ0n) is 7.86. The molecule has 0 aliphatic carbocycles. The summed E-state index contributed by atoms with van der Waals surface area (Å²) in [5.74, 6) is 0. The summed E-state index contributed by atoms with van der Waals surface area (Å²) < 4.78 is 10.2. The second-order valence-electron chi connectivity index (χ2n) is 2.68. The Morgan fingerprint density at radius 2 is 1.25 bits per heavy atom. The summed E-state index contributed by atoms with van der Waals surface area (Å²) in [6.07, 6.45) is 0. The molecule has 0 atom stereocenters. The van der Waals surface area contributed by atoms with Crippen LogP contribution in [0.4, 0.5) is 0 Å². The van der Waals surface area contributed by atoms with Gasteiger partial charge in [-0.05, 0) is 0 Å². The van der Waals surface area contributed by atoms with Gasteiger partial charge in [0, 0.05) is 0 Å². The SMILES string of the molecule is CN(C)C[O][Fe+][O]CN(C)C.[Cl-]. The van der Waals surface area contributed by atoms with E-state index >= 15 is 0 Å². The Hall–Kier alpha value is 0.649. The van der Waals surface area contributed by atoms with Crippen molar-refractivity contribution in [3.05, 3.63) is 0 Å². The molecule has 0 aliphatic rings. The topological polar surface area (TPSA) is 24.9 Å². The van der Waals surface area contributed by atoms with Crippen LogP contribution in [-0.4, -0.2) is 51.5 Å². The van der Waals surface area contributed by atoms with Gasteiger partial charge in [-0.3, -0.25) is 0 Å². The maximum absolute atomic E-state index is 5.12.